The van der Waals surface area contributed by atoms with Crippen LogP contribution >= 0.6 is 23.2 Å². The standard InChI is InChI=1S/C16H11Cl2NO/c17-10-14-13(18)8-9-16(19-14)20-15-7-3-5-11-4-1-2-6-12(11)15/h1-9H,10H2. The lowest BCUT2D eigenvalue weighted by Gasteiger charge is -2.09. The molecule has 0 aliphatic heterocycles. The van der Waals surface area contributed by atoms with E-state index in [4.69, 9.17) is 27.9 Å². The van der Waals surface area contributed by atoms with Crippen LogP contribution in [0.3, 0.4) is 0 Å². The van der Waals surface area contributed by atoms with Gasteiger partial charge in [0, 0.05) is 11.5 Å². The van der Waals surface area contributed by atoms with Gasteiger partial charge >= 0.3 is 0 Å². The van der Waals surface area contributed by atoms with Crippen LogP contribution in [0.5, 0.6) is 11.6 Å². The maximum absolute atomic E-state index is 5.99. The van der Waals surface area contributed by atoms with Crippen molar-refractivity contribution in [2.24, 2.45) is 0 Å². The Morgan fingerprint density at radius 2 is 1.75 bits per heavy atom. The van der Waals surface area contributed by atoms with Gasteiger partial charge in [-0.3, -0.25) is 0 Å². The molecule has 1 aromatic heterocycles. The molecule has 0 saturated heterocycles. The largest absolute Gasteiger partial charge is 0.438 e. The fourth-order valence-corrected chi connectivity index (χ4v) is 2.46. The summed E-state index contributed by atoms with van der Waals surface area (Å²) in [6.07, 6.45) is 0. The van der Waals surface area contributed by atoms with Crippen molar-refractivity contribution in [3.63, 3.8) is 0 Å². The van der Waals surface area contributed by atoms with Gasteiger partial charge in [-0.2, -0.15) is 0 Å². The molecule has 20 heavy (non-hydrogen) atoms. The van der Waals surface area contributed by atoms with Gasteiger partial charge in [-0.15, -0.1) is 11.6 Å². The second-order valence-corrected chi connectivity index (χ2v) is 4.97. The molecule has 2 aromatic carbocycles. The quantitative estimate of drug-likeness (QED) is 0.603. The van der Waals surface area contributed by atoms with E-state index < -0.39 is 0 Å². The van der Waals surface area contributed by atoms with E-state index in [1.807, 2.05) is 42.5 Å². The van der Waals surface area contributed by atoms with Gasteiger partial charge in [0.15, 0.2) is 0 Å². The Bertz CT molecular complexity index is 753. The Kier molecular flexibility index (Phi) is 3.77. The van der Waals surface area contributed by atoms with Crippen molar-refractivity contribution in [2.45, 2.75) is 5.88 Å². The van der Waals surface area contributed by atoms with Crippen LogP contribution in [0, 0.1) is 0 Å². The Labute approximate surface area is 126 Å². The number of benzene rings is 2. The summed E-state index contributed by atoms with van der Waals surface area (Å²) in [6, 6.07) is 17.4. The van der Waals surface area contributed by atoms with Crippen LogP contribution in [-0.2, 0) is 5.88 Å². The first kappa shape index (κ1) is 13.2. The van der Waals surface area contributed by atoms with E-state index in [2.05, 4.69) is 4.98 Å². The number of ether oxygens (including phenoxy) is 1. The number of hydrogen-bond acceptors (Lipinski definition) is 2. The summed E-state index contributed by atoms with van der Waals surface area (Å²) < 4.78 is 5.86. The van der Waals surface area contributed by atoms with Crippen molar-refractivity contribution in [1.82, 2.24) is 4.98 Å². The van der Waals surface area contributed by atoms with Crippen molar-refractivity contribution in [2.75, 3.05) is 0 Å². The average molecular weight is 304 g/mol. The molecule has 0 aliphatic rings. The summed E-state index contributed by atoms with van der Waals surface area (Å²) in [5, 5.41) is 2.71. The van der Waals surface area contributed by atoms with Gasteiger partial charge < -0.3 is 4.74 Å². The summed E-state index contributed by atoms with van der Waals surface area (Å²) in [5.74, 6) is 1.51. The molecule has 0 N–H and O–H groups in total. The molecular formula is C16H11Cl2NO. The molecule has 0 unspecified atom stereocenters. The predicted molar refractivity (Wildman–Crippen MR) is 82.8 cm³/mol. The topological polar surface area (TPSA) is 22.1 Å². The molecule has 3 aromatic rings. The smallest absolute Gasteiger partial charge is 0.219 e. The molecule has 0 radical (unpaired) electrons. The number of fused-ring (bicyclic) bond motifs is 1. The maximum atomic E-state index is 5.99. The second-order valence-electron chi connectivity index (χ2n) is 4.29. The Hall–Kier alpha value is -1.77. The van der Waals surface area contributed by atoms with Crippen molar-refractivity contribution >= 4 is 34.0 Å². The van der Waals surface area contributed by atoms with Crippen molar-refractivity contribution in [3.8, 4) is 11.6 Å². The average Bonchev–Trinajstić information content (AvgIpc) is 2.49. The first-order chi connectivity index (χ1) is 9.78. The van der Waals surface area contributed by atoms with Crippen LogP contribution in [0.25, 0.3) is 10.8 Å². The number of hydrogen-bond donors (Lipinski definition) is 0. The first-order valence-electron chi connectivity index (χ1n) is 6.15. The van der Waals surface area contributed by atoms with Gasteiger partial charge in [-0.05, 0) is 17.5 Å². The number of halogens is 2. The molecule has 1 heterocycles. The normalized spacial score (nSPS) is 10.7. The van der Waals surface area contributed by atoms with Gasteiger partial charge in [0.05, 0.1) is 16.6 Å². The highest BCUT2D eigenvalue weighted by Gasteiger charge is 2.07. The zero-order chi connectivity index (χ0) is 13.9. The number of pyridine rings is 1. The highest BCUT2D eigenvalue weighted by atomic mass is 35.5. The molecule has 0 fully saturated rings. The monoisotopic (exact) mass is 303 g/mol. The molecule has 2 nitrogen and oxygen atoms in total. The minimum atomic E-state index is 0.256. The van der Waals surface area contributed by atoms with E-state index in [0.29, 0.717) is 16.6 Å². The molecule has 0 amide bonds. The van der Waals surface area contributed by atoms with Crippen molar-refractivity contribution < 1.29 is 4.74 Å². The van der Waals surface area contributed by atoms with Gasteiger partial charge in [-0.25, -0.2) is 4.98 Å². The van der Waals surface area contributed by atoms with Gasteiger partial charge in [0.1, 0.15) is 5.75 Å². The molecule has 0 saturated carbocycles. The van der Waals surface area contributed by atoms with E-state index in [-0.39, 0.29) is 5.88 Å². The molecule has 0 spiro atoms. The highest BCUT2D eigenvalue weighted by Crippen LogP contribution is 2.30. The van der Waals surface area contributed by atoms with Crippen LogP contribution in [0.4, 0.5) is 0 Å². The van der Waals surface area contributed by atoms with Crippen LogP contribution in [0.1, 0.15) is 5.69 Å². The van der Waals surface area contributed by atoms with Gasteiger partial charge in [0.2, 0.25) is 5.88 Å². The number of aromatic nitrogens is 1. The third kappa shape index (κ3) is 2.58. The number of nitrogens with zero attached hydrogens (tertiary/aromatic N) is 1. The third-order valence-corrected chi connectivity index (χ3v) is 3.58. The lowest BCUT2D eigenvalue weighted by molar-refractivity contribution is 0.467. The molecule has 100 valence electrons. The molecule has 0 atom stereocenters. The summed E-state index contributed by atoms with van der Waals surface area (Å²) in [4.78, 5) is 4.31. The minimum absolute atomic E-state index is 0.256. The molecule has 3 rings (SSSR count). The van der Waals surface area contributed by atoms with Crippen molar-refractivity contribution in [1.29, 1.82) is 0 Å². The van der Waals surface area contributed by atoms with Crippen molar-refractivity contribution in [3.05, 3.63) is 65.3 Å². The maximum Gasteiger partial charge on any atom is 0.219 e. The zero-order valence-corrected chi connectivity index (χ0v) is 12.0. The van der Waals surface area contributed by atoms with E-state index in [1.165, 1.54) is 0 Å². The SMILES string of the molecule is ClCc1nc(Oc2cccc3ccccc23)ccc1Cl. The van der Waals surface area contributed by atoms with E-state index >= 15 is 0 Å². The van der Waals surface area contributed by atoms with E-state index in [1.54, 1.807) is 12.1 Å². The van der Waals surface area contributed by atoms with Gasteiger partial charge in [0.25, 0.3) is 0 Å². The highest BCUT2D eigenvalue weighted by molar-refractivity contribution is 6.32. The summed E-state index contributed by atoms with van der Waals surface area (Å²) in [6.45, 7) is 0. The Balaban J connectivity index is 2.01. The zero-order valence-electron chi connectivity index (χ0n) is 10.5. The Morgan fingerprint density at radius 1 is 0.950 bits per heavy atom. The van der Waals surface area contributed by atoms with E-state index in [9.17, 15) is 0 Å². The third-order valence-electron chi connectivity index (χ3n) is 2.98. The van der Waals surface area contributed by atoms with Crippen LogP contribution in [-0.4, -0.2) is 4.98 Å². The molecule has 0 aliphatic carbocycles. The number of alkyl halides is 1. The lowest BCUT2D eigenvalue weighted by atomic mass is 10.1. The van der Waals surface area contributed by atoms with Crippen LogP contribution in [0.2, 0.25) is 5.02 Å². The second kappa shape index (κ2) is 5.70. The fourth-order valence-electron chi connectivity index (χ4n) is 2.01. The lowest BCUT2D eigenvalue weighted by Crippen LogP contribution is -1.93. The summed E-state index contributed by atoms with van der Waals surface area (Å²) in [5.41, 5.74) is 0.617. The van der Waals surface area contributed by atoms with Crippen LogP contribution in [0.15, 0.2) is 54.6 Å². The first-order valence-corrected chi connectivity index (χ1v) is 7.06. The van der Waals surface area contributed by atoms with E-state index in [0.717, 1.165) is 16.5 Å². The predicted octanol–water partition coefficient (Wildman–Crippen LogP) is 5.42. The molecule has 0 bridgehead atoms. The molecular weight excluding hydrogens is 293 g/mol. The summed E-state index contributed by atoms with van der Waals surface area (Å²) >= 11 is 11.8. The van der Waals surface area contributed by atoms with Gasteiger partial charge in [-0.1, -0.05) is 48.0 Å². The van der Waals surface area contributed by atoms with Crippen LogP contribution < -0.4 is 4.74 Å². The number of rotatable bonds is 3. The fraction of sp³-hybridized carbons (Fsp3) is 0.0625. The summed E-state index contributed by atoms with van der Waals surface area (Å²) in [7, 11) is 0. The molecule has 4 heteroatoms. The Morgan fingerprint density at radius 3 is 2.60 bits per heavy atom. The minimum Gasteiger partial charge on any atom is -0.438 e.